The second kappa shape index (κ2) is 10.3. The molecule has 2 rings (SSSR count). The third-order valence-corrected chi connectivity index (χ3v) is 5.83. The van der Waals surface area contributed by atoms with Gasteiger partial charge >= 0.3 is 0 Å². The Balaban J connectivity index is 1.94. The summed E-state index contributed by atoms with van der Waals surface area (Å²) in [5.74, 6) is -0.0412. The zero-order chi connectivity index (χ0) is 20.6. The topological polar surface area (TPSA) is 75.3 Å². The van der Waals surface area contributed by atoms with Crippen LogP contribution in [0.3, 0.4) is 0 Å². The van der Waals surface area contributed by atoms with Crippen LogP contribution in [0.4, 0.5) is 11.4 Å². The first-order valence-corrected chi connectivity index (χ1v) is 11.3. The van der Waals surface area contributed by atoms with Crippen molar-refractivity contribution in [2.24, 2.45) is 0 Å². The van der Waals surface area contributed by atoms with Crippen LogP contribution in [-0.4, -0.2) is 14.3 Å². The molecule has 2 aromatic rings. The minimum absolute atomic E-state index is 0.0412. The Kier molecular flexibility index (Phi) is 8.05. The fourth-order valence-electron chi connectivity index (χ4n) is 3.08. The molecule has 152 valence electrons. The molecule has 2 aromatic carbocycles. The van der Waals surface area contributed by atoms with Gasteiger partial charge in [-0.25, -0.2) is 8.42 Å². The highest BCUT2D eigenvalue weighted by atomic mass is 32.2. The number of hydrogen-bond donors (Lipinski definition) is 2. The Morgan fingerprint density at radius 3 is 2.07 bits per heavy atom. The number of anilines is 2. The lowest BCUT2D eigenvalue weighted by molar-refractivity contribution is -0.116. The largest absolute Gasteiger partial charge is 0.326 e. The van der Waals surface area contributed by atoms with Crippen molar-refractivity contribution in [1.29, 1.82) is 0 Å². The lowest BCUT2D eigenvalue weighted by atomic mass is 10.1. The van der Waals surface area contributed by atoms with Gasteiger partial charge in [0.1, 0.15) is 0 Å². The van der Waals surface area contributed by atoms with Crippen LogP contribution in [0.5, 0.6) is 0 Å². The van der Waals surface area contributed by atoms with Crippen molar-refractivity contribution in [2.75, 3.05) is 10.0 Å². The van der Waals surface area contributed by atoms with Crippen molar-refractivity contribution >= 4 is 27.3 Å². The van der Waals surface area contributed by atoms with Gasteiger partial charge in [0.25, 0.3) is 10.0 Å². The average molecular weight is 403 g/mol. The van der Waals surface area contributed by atoms with Crippen LogP contribution in [-0.2, 0) is 14.8 Å². The van der Waals surface area contributed by atoms with Crippen LogP contribution in [0.1, 0.15) is 56.6 Å². The zero-order valence-corrected chi connectivity index (χ0v) is 17.7. The molecule has 0 aliphatic carbocycles. The summed E-state index contributed by atoms with van der Waals surface area (Å²) >= 11 is 0. The van der Waals surface area contributed by atoms with Gasteiger partial charge < -0.3 is 5.32 Å². The van der Waals surface area contributed by atoms with Crippen LogP contribution in [0.15, 0.2) is 47.4 Å². The van der Waals surface area contributed by atoms with Crippen molar-refractivity contribution in [3.05, 3.63) is 53.6 Å². The molecule has 0 heterocycles. The monoisotopic (exact) mass is 402 g/mol. The van der Waals surface area contributed by atoms with Crippen molar-refractivity contribution in [3.8, 4) is 0 Å². The number of benzene rings is 2. The van der Waals surface area contributed by atoms with Gasteiger partial charge in [0.2, 0.25) is 5.91 Å². The lowest BCUT2D eigenvalue weighted by Crippen LogP contribution is -2.14. The van der Waals surface area contributed by atoms with E-state index in [-0.39, 0.29) is 10.8 Å². The molecule has 0 aliphatic rings. The van der Waals surface area contributed by atoms with E-state index in [0.717, 1.165) is 30.4 Å². The van der Waals surface area contributed by atoms with Gasteiger partial charge in [0, 0.05) is 17.8 Å². The molecule has 0 saturated carbocycles. The van der Waals surface area contributed by atoms with E-state index in [1.165, 1.54) is 25.0 Å². The van der Waals surface area contributed by atoms with Gasteiger partial charge in [-0.1, -0.05) is 38.7 Å². The number of sulfonamides is 1. The fraction of sp³-hybridized carbons (Fsp3) is 0.409. The summed E-state index contributed by atoms with van der Waals surface area (Å²) in [5.41, 5.74) is 3.12. The highest BCUT2D eigenvalue weighted by Gasteiger charge is 2.14. The predicted molar refractivity (Wildman–Crippen MR) is 115 cm³/mol. The van der Waals surface area contributed by atoms with Gasteiger partial charge in [0.05, 0.1) is 4.90 Å². The summed E-state index contributed by atoms with van der Waals surface area (Å²) in [7, 11) is -3.68. The molecular formula is C22H30N2O3S. The quantitative estimate of drug-likeness (QED) is 0.522. The molecule has 5 nitrogen and oxygen atoms in total. The summed E-state index contributed by atoms with van der Waals surface area (Å²) in [5, 5.41) is 2.82. The van der Waals surface area contributed by atoms with E-state index in [0.29, 0.717) is 17.8 Å². The minimum atomic E-state index is -3.68. The number of unbranched alkanes of at least 4 members (excludes halogenated alkanes) is 4. The molecule has 2 N–H and O–H groups in total. The molecule has 0 saturated heterocycles. The zero-order valence-electron chi connectivity index (χ0n) is 16.9. The van der Waals surface area contributed by atoms with Gasteiger partial charge in [-0.2, -0.15) is 0 Å². The third kappa shape index (κ3) is 7.00. The number of aryl methyl sites for hydroxylation is 2. The number of amides is 1. The highest BCUT2D eigenvalue weighted by Crippen LogP contribution is 2.20. The van der Waals surface area contributed by atoms with Gasteiger partial charge in [0.15, 0.2) is 0 Å². The first-order chi connectivity index (χ1) is 13.3. The van der Waals surface area contributed by atoms with Gasteiger partial charge in [-0.05, 0) is 67.8 Å². The Morgan fingerprint density at radius 2 is 1.46 bits per heavy atom. The number of rotatable bonds is 10. The van der Waals surface area contributed by atoms with E-state index < -0.39 is 10.0 Å². The van der Waals surface area contributed by atoms with Crippen LogP contribution >= 0.6 is 0 Å². The Labute approximate surface area is 168 Å². The smallest absolute Gasteiger partial charge is 0.261 e. The average Bonchev–Trinajstić information content (AvgIpc) is 2.60. The molecule has 0 unspecified atom stereocenters. The molecular weight excluding hydrogens is 372 g/mol. The van der Waals surface area contributed by atoms with Crippen molar-refractivity contribution < 1.29 is 13.2 Å². The molecule has 0 radical (unpaired) electrons. The summed E-state index contributed by atoms with van der Waals surface area (Å²) in [6.07, 6.45) is 5.95. The second-order valence-electron chi connectivity index (χ2n) is 7.22. The van der Waals surface area contributed by atoms with Crippen LogP contribution in [0, 0.1) is 13.8 Å². The number of nitrogens with one attached hydrogen (secondary N) is 2. The Morgan fingerprint density at radius 1 is 0.857 bits per heavy atom. The molecule has 0 atom stereocenters. The minimum Gasteiger partial charge on any atom is -0.326 e. The highest BCUT2D eigenvalue weighted by molar-refractivity contribution is 7.92. The maximum Gasteiger partial charge on any atom is 0.261 e. The number of hydrogen-bond acceptors (Lipinski definition) is 3. The van der Waals surface area contributed by atoms with Gasteiger partial charge in [-0.3, -0.25) is 9.52 Å². The van der Waals surface area contributed by atoms with Crippen molar-refractivity contribution in [2.45, 2.75) is 64.2 Å². The predicted octanol–water partition coefficient (Wildman–Crippen LogP) is 5.40. The van der Waals surface area contributed by atoms with Crippen LogP contribution < -0.4 is 10.0 Å². The second-order valence-corrected chi connectivity index (χ2v) is 8.90. The van der Waals surface area contributed by atoms with Crippen molar-refractivity contribution in [3.63, 3.8) is 0 Å². The maximum absolute atomic E-state index is 12.6. The summed E-state index contributed by atoms with van der Waals surface area (Å²) in [4.78, 5) is 12.1. The molecule has 0 aromatic heterocycles. The van der Waals surface area contributed by atoms with E-state index in [2.05, 4.69) is 17.0 Å². The molecule has 1 amide bonds. The SMILES string of the molecule is CCCCCCCC(=O)Nc1ccc(S(=O)(=O)Nc2cc(C)cc(C)c2)cc1. The molecule has 0 fully saturated rings. The Bertz CT molecular complexity index is 870. The number of carbonyl (C=O) groups excluding carboxylic acids is 1. The molecule has 0 bridgehead atoms. The van der Waals surface area contributed by atoms with Crippen LogP contribution in [0.25, 0.3) is 0 Å². The molecule has 0 spiro atoms. The van der Waals surface area contributed by atoms with Crippen LogP contribution in [0.2, 0.25) is 0 Å². The summed E-state index contributed by atoms with van der Waals surface area (Å²) < 4.78 is 27.8. The van der Waals surface area contributed by atoms with E-state index >= 15 is 0 Å². The molecule has 28 heavy (non-hydrogen) atoms. The third-order valence-electron chi connectivity index (χ3n) is 4.43. The van der Waals surface area contributed by atoms with E-state index in [4.69, 9.17) is 0 Å². The first kappa shape index (κ1) is 22.0. The Hall–Kier alpha value is -2.34. The molecule has 6 heteroatoms. The number of carbonyl (C=O) groups is 1. The summed E-state index contributed by atoms with van der Waals surface area (Å²) in [6, 6.07) is 11.8. The van der Waals surface area contributed by atoms with Gasteiger partial charge in [-0.15, -0.1) is 0 Å². The molecule has 0 aliphatic heterocycles. The van der Waals surface area contributed by atoms with E-state index in [1.807, 2.05) is 19.9 Å². The lowest BCUT2D eigenvalue weighted by Gasteiger charge is -2.11. The van der Waals surface area contributed by atoms with E-state index in [1.54, 1.807) is 24.3 Å². The summed E-state index contributed by atoms with van der Waals surface area (Å²) in [6.45, 7) is 6.01. The fourth-order valence-corrected chi connectivity index (χ4v) is 4.12. The van der Waals surface area contributed by atoms with E-state index in [9.17, 15) is 13.2 Å². The van der Waals surface area contributed by atoms with Crippen molar-refractivity contribution in [1.82, 2.24) is 0 Å². The standard InChI is InChI=1S/C22H30N2O3S/c1-4-5-6-7-8-9-22(25)23-19-10-12-21(13-11-19)28(26,27)24-20-15-17(2)14-18(3)16-20/h10-16,24H,4-9H2,1-3H3,(H,23,25). The first-order valence-electron chi connectivity index (χ1n) is 9.81. The normalized spacial score (nSPS) is 11.2. The maximum atomic E-state index is 12.6.